The van der Waals surface area contributed by atoms with E-state index in [1.165, 1.54) is 0 Å². The van der Waals surface area contributed by atoms with Crippen molar-refractivity contribution in [2.24, 2.45) is 5.92 Å². The lowest BCUT2D eigenvalue weighted by atomic mass is 10.1. The average Bonchev–Trinajstić information content (AvgIpc) is 2.12. The second kappa shape index (κ2) is 7.48. The van der Waals surface area contributed by atoms with Crippen LogP contribution in [0.5, 0.6) is 0 Å². The highest BCUT2D eigenvalue weighted by Gasteiger charge is 2.19. The number of nitrogens with one attached hydrogen (secondary N) is 1. The Hall–Kier alpha value is 0.160. The van der Waals surface area contributed by atoms with Crippen molar-refractivity contribution in [2.45, 2.75) is 39.8 Å². The van der Waals surface area contributed by atoms with Crippen LogP contribution in [0.4, 0.5) is 0 Å². The van der Waals surface area contributed by atoms with Crippen molar-refractivity contribution >= 4 is 21.6 Å². The lowest BCUT2D eigenvalue weighted by molar-refractivity contribution is 0.0911. The summed E-state index contributed by atoms with van der Waals surface area (Å²) < 4.78 is 31.0. The first-order valence-electron chi connectivity index (χ1n) is 5.46. The minimum atomic E-state index is -3.29. The summed E-state index contributed by atoms with van der Waals surface area (Å²) >= 11 is 5.69. The lowest BCUT2D eigenvalue weighted by Gasteiger charge is -2.19. The van der Waals surface area contributed by atoms with Crippen molar-refractivity contribution < 1.29 is 13.2 Å². The fourth-order valence-electron chi connectivity index (χ4n) is 1.03. The Morgan fingerprint density at radius 1 is 1.25 bits per heavy atom. The van der Waals surface area contributed by atoms with Gasteiger partial charge in [0.05, 0.1) is 18.5 Å². The molecule has 0 saturated carbocycles. The summed E-state index contributed by atoms with van der Waals surface area (Å²) in [7, 11) is -3.29. The number of rotatable bonds is 8. The Kier molecular flexibility index (Phi) is 7.55. The zero-order valence-corrected chi connectivity index (χ0v) is 11.9. The molecule has 98 valence electrons. The summed E-state index contributed by atoms with van der Waals surface area (Å²) in [5.74, 6) is 0.436. The molecular weight excluding hydrogens is 250 g/mol. The molecule has 0 aromatic heterocycles. The Morgan fingerprint density at radius 3 is 2.19 bits per heavy atom. The van der Waals surface area contributed by atoms with E-state index in [1.54, 1.807) is 0 Å². The van der Waals surface area contributed by atoms with Gasteiger partial charge in [0.25, 0.3) is 0 Å². The highest BCUT2D eigenvalue weighted by molar-refractivity contribution is 7.89. The van der Waals surface area contributed by atoms with Crippen LogP contribution in [0.15, 0.2) is 0 Å². The van der Waals surface area contributed by atoms with Crippen LogP contribution >= 0.6 is 11.6 Å². The van der Waals surface area contributed by atoms with Crippen molar-refractivity contribution in [2.75, 3.05) is 18.2 Å². The predicted octanol–water partition coefficient (Wildman–Crippen LogP) is 1.59. The van der Waals surface area contributed by atoms with Gasteiger partial charge in [-0.25, -0.2) is 13.1 Å². The van der Waals surface area contributed by atoms with Gasteiger partial charge >= 0.3 is 0 Å². The van der Waals surface area contributed by atoms with E-state index in [9.17, 15) is 8.42 Å². The van der Waals surface area contributed by atoms with Crippen molar-refractivity contribution in [1.29, 1.82) is 0 Å². The van der Waals surface area contributed by atoms with Gasteiger partial charge in [-0.05, 0) is 19.8 Å². The molecule has 0 aromatic rings. The number of hydrogen-bond donors (Lipinski definition) is 1. The van der Waals surface area contributed by atoms with E-state index < -0.39 is 10.0 Å². The number of halogens is 1. The van der Waals surface area contributed by atoms with Crippen LogP contribution in [-0.4, -0.2) is 38.8 Å². The maximum Gasteiger partial charge on any atom is 0.214 e. The van der Waals surface area contributed by atoms with Crippen LogP contribution in [-0.2, 0) is 14.8 Å². The quantitative estimate of drug-likeness (QED) is 0.682. The summed E-state index contributed by atoms with van der Waals surface area (Å²) in [4.78, 5) is 0. The van der Waals surface area contributed by atoms with Crippen molar-refractivity contribution in [3.05, 3.63) is 0 Å². The second-order valence-corrected chi connectivity index (χ2v) is 6.54. The summed E-state index contributed by atoms with van der Waals surface area (Å²) in [6, 6.07) is -0.217. The Balaban J connectivity index is 4.13. The van der Waals surface area contributed by atoms with E-state index in [4.69, 9.17) is 16.3 Å². The maximum atomic E-state index is 11.6. The SMILES string of the molecule is CC(C)OCCS(=O)(=O)NC(CCl)C(C)C. The van der Waals surface area contributed by atoms with Crippen LogP contribution in [0.25, 0.3) is 0 Å². The van der Waals surface area contributed by atoms with Crippen LogP contribution in [0.3, 0.4) is 0 Å². The number of alkyl halides is 1. The largest absolute Gasteiger partial charge is 0.378 e. The zero-order valence-electron chi connectivity index (χ0n) is 10.4. The average molecular weight is 272 g/mol. The minimum absolute atomic E-state index is 0.0225. The van der Waals surface area contributed by atoms with E-state index in [1.807, 2.05) is 27.7 Å². The molecule has 0 aliphatic heterocycles. The Labute approximate surface area is 104 Å². The first kappa shape index (κ1) is 16.2. The van der Waals surface area contributed by atoms with E-state index in [2.05, 4.69) is 4.72 Å². The number of sulfonamides is 1. The molecule has 0 radical (unpaired) electrons. The van der Waals surface area contributed by atoms with E-state index in [0.717, 1.165) is 0 Å². The fourth-order valence-corrected chi connectivity index (χ4v) is 2.80. The molecular formula is C10H22ClNO3S. The molecule has 0 rings (SSSR count). The molecule has 4 nitrogen and oxygen atoms in total. The van der Waals surface area contributed by atoms with Gasteiger partial charge in [-0.15, -0.1) is 11.6 Å². The number of hydrogen-bond acceptors (Lipinski definition) is 3. The molecule has 0 aliphatic carbocycles. The zero-order chi connectivity index (χ0) is 12.8. The highest BCUT2D eigenvalue weighted by atomic mass is 35.5. The monoisotopic (exact) mass is 271 g/mol. The van der Waals surface area contributed by atoms with Gasteiger partial charge in [0.1, 0.15) is 0 Å². The first-order valence-corrected chi connectivity index (χ1v) is 7.64. The second-order valence-electron chi connectivity index (χ2n) is 4.36. The van der Waals surface area contributed by atoms with Crippen molar-refractivity contribution in [3.8, 4) is 0 Å². The maximum absolute atomic E-state index is 11.6. The van der Waals surface area contributed by atoms with Gasteiger partial charge in [0, 0.05) is 11.9 Å². The molecule has 0 fully saturated rings. The molecule has 0 amide bonds. The number of ether oxygens (including phenoxy) is 1. The van der Waals surface area contributed by atoms with Crippen LogP contribution in [0.2, 0.25) is 0 Å². The molecule has 0 aromatic carbocycles. The van der Waals surface area contributed by atoms with Gasteiger partial charge in [-0.1, -0.05) is 13.8 Å². The molecule has 0 aliphatic rings. The van der Waals surface area contributed by atoms with Crippen molar-refractivity contribution in [1.82, 2.24) is 4.72 Å². The smallest absolute Gasteiger partial charge is 0.214 e. The molecule has 1 N–H and O–H groups in total. The van der Waals surface area contributed by atoms with Gasteiger partial charge in [0.15, 0.2) is 0 Å². The van der Waals surface area contributed by atoms with Crippen LogP contribution < -0.4 is 4.72 Å². The summed E-state index contributed by atoms with van der Waals surface area (Å²) in [5, 5.41) is 0. The molecule has 6 heteroatoms. The molecule has 16 heavy (non-hydrogen) atoms. The molecule has 1 unspecified atom stereocenters. The third-order valence-electron chi connectivity index (χ3n) is 2.11. The first-order chi connectivity index (χ1) is 7.28. The third kappa shape index (κ3) is 7.44. The summed E-state index contributed by atoms with van der Waals surface area (Å²) in [6.07, 6.45) is 0.0455. The lowest BCUT2D eigenvalue weighted by Crippen LogP contribution is -2.41. The van der Waals surface area contributed by atoms with Gasteiger partial charge in [0.2, 0.25) is 10.0 Å². The Morgan fingerprint density at radius 2 is 1.81 bits per heavy atom. The van der Waals surface area contributed by atoms with Gasteiger partial charge in [-0.2, -0.15) is 0 Å². The highest BCUT2D eigenvalue weighted by Crippen LogP contribution is 2.05. The predicted molar refractivity (Wildman–Crippen MR) is 67.4 cm³/mol. The van der Waals surface area contributed by atoms with Crippen molar-refractivity contribution in [3.63, 3.8) is 0 Å². The van der Waals surface area contributed by atoms with Gasteiger partial charge in [-0.3, -0.25) is 0 Å². The summed E-state index contributed by atoms with van der Waals surface area (Å²) in [6.45, 7) is 7.81. The van der Waals surface area contributed by atoms with Crippen LogP contribution in [0.1, 0.15) is 27.7 Å². The van der Waals surface area contributed by atoms with E-state index in [0.29, 0.717) is 0 Å². The molecule has 0 bridgehead atoms. The standard InChI is InChI=1S/C10H22ClNO3S/c1-8(2)10(7-11)12-16(13,14)6-5-15-9(3)4/h8-10,12H,5-7H2,1-4H3. The summed E-state index contributed by atoms with van der Waals surface area (Å²) in [5.41, 5.74) is 0. The third-order valence-corrected chi connectivity index (χ3v) is 3.80. The minimum Gasteiger partial charge on any atom is -0.378 e. The Bertz CT molecular complexity index is 278. The van der Waals surface area contributed by atoms with Crippen LogP contribution in [0, 0.1) is 5.92 Å². The van der Waals surface area contributed by atoms with Gasteiger partial charge < -0.3 is 4.74 Å². The molecule has 0 saturated heterocycles. The topological polar surface area (TPSA) is 55.4 Å². The molecule has 0 heterocycles. The molecule has 0 spiro atoms. The van der Waals surface area contributed by atoms with E-state index >= 15 is 0 Å². The fraction of sp³-hybridized carbons (Fsp3) is 1.00. The van der Waals surface area contributed by atoms with E-state index in [-0.39, 0.29) is 36.3 Å². The normalized spacial score (nSPS) is 14.7. The molecule has 1 atom stereocenters.